The molecule has 0 rings (SSSR count). The summed E-state index contributed by atoms with van der Waals surface area (Å²) in [5.74, 6) is 2.52. The van der Waals surface area contributed by atoms with E-state index >= 15 is 0 Å². The van der Waals surface area contributed by atoms with Gasteiger partial charge in [-0.15, -0.1) is 0 Å². The van der Waals surface area contributed by atoms with Crippen molar-refractivity contribution in [1.82, 2.24) is 5.32 Å². The van der Waals surface area contributed by atoms with Gasteiger partial charge in [-0.2, -0.15) is 11.8 Å². The van der Waals surface area contributed by atoms with E-state index in [1.165, 1.54) is 37.2 Å². The molecule has 1 atom stereocenters. The van der Waals surface area contributed by atoms with Crippen LogP contribution in [0, 0.1) is 0 Å². The van der Waals surface area contributed by atoms with Crippen molar-refractivity contribution in [2.24, 2.45) is 0 Å². The lowest BCUT2D eigenvalue weighted by molar-refractivity contribution is 0.531. The largest absolute Gasteiger partial charge is 0.316 e. The predicted molar refractivity (Wildman–Crippen MR) is 60.0 cm³/mol. The first-order valence-corrected chi connectivity index (χ1v) is 6.25. The monoisotopic (exact) mass is 189 g/mol. The van der Waals surface area contributed by atoms with Crippen LogP contribution in [0.4, 0.5) is 0 Å². The molecule has 0 saturated heterocycles. The van der Waals surface area contributed by atoms with Gasteiger partial charge in [0, 0.05) is 11.8 Å². The Morgan fingerprint density at radius 3 is 2.50 bits per heavy atom. The van der Waals surface area contributed by atoms with Gasteiger partial charge in [0.15, 0.2) is 0 Å². The molecule has 0 aromatic heterocycles. The summed E-state index contributed by atoms with van der Waals surface area (Å²) in [5.41, 5.74) is 0. The van der Waals surface area contributed by atoms with Crippen molar-refractivity contribution in [3.05, 3.63) is 0 Å². The van der Waals surface area contributed by atoms with Gasteiger partial charge in [-0.3, -0.25) is 0 Å². The first kappa shape index (κ1) is 12.3. The van der Waals surface area contributed by atoms with Crippen LogP contribution in [-0.4, -0.2) is 24.6 Å². The fourth-order valence-corrected chi connectivity index (χ4v) is 2.07. The SMILES string of the molecule is CCCCCC(CSCC)NC. The van der Waals surface area contributed by atoms with Gasteiger partial charge < -0.3 is 5.32 Å². The van der Waals surface area contributed by atoms with Crippen LogP contribution in [0.1, 0.15) is 39.5 Å². The van der Waals surface area contributed by atoms with Crippen LogP contribution in [0.25, 0.3) is 0 Å². The summed E-state index contributed by atoms with van der Waals surface area (Å²) in [6.07, 6.45) is 5.44. The zero-order valence-corrected chi connectivity index (χ0v) is 9.54. The highest BCUT2D eigenvalue weighted by Crippen LogP contribution is 2.08. The summed E-state index contributed by atoms with van der Waals surface area (Å²) in [6, 6.07) is 0.737. The topological polar surface area (TPSA) is 12.0 Å². The number of hydrogen-bond acceptors (Lipinski definition) is 2. The molecule has 0 aliphatic rings. The average Bonchev–Trinajstić information content (AvgIpc) is 2.11. The second-order valence-corrected chi connectivity index (χ2v) is 4.46. The Balaban J connectivity index is 3.26. The van der Waals surface area contributed by atoms with Crippen LogP contribution in [0.15, 0.2) is 0 Å². The Morgan fingerprint density at radius 1 is 1.25 bits per heavy atom. The third-order valence-corrected chi connectivity index (χ3v) is 3.13. The predicted octanol–water partition coefficient (Wildman–Crippen LogP) is 2.91. The van der Waals surface area contributed by atoms with E-state index in [0.29, 0.717) is 0 Å². The first-order valence-electron chi connectivity index (χ1n) is 5.10. The van der Waals surface area contributed by atoms with Crippen LogP contribution >= 0.6 is 11.8 Å². The second kappa shape index (κ2) is 9.40. The lowest BCUT2D eigenvalue weighted by atomic mass is 10.1. The summed E-state index contributed by atoms with van der Waals surface area (Å²) in [5, 5.41) is 3.37. The van der Waals surface area contributed by atoms with Crippen LogP contribution in [-0.2, 0) is 0 Å². The van der Waals surface area contributed by atoms with Gasteiger partial charge in [0.05, 0.1) is 0 Å². The molecule has 0 aliphatic heterocycles. The van der Waals surface area contributed by atoms with Gasteiger partial charge in [0.1, 0.15) is 0 Å². The Hall–Kier alpha value is 0.310. The maximum atomic E-state index is 3.37. The third-order valence-electron chi connectivity index (χ3n) is 2.09. The molecule has 2 heteroatoms. The van der Waals surface area contributed by atoms with Crippen molar-refractivity contribution >= 4 is 11.8 Å². The molecule has 1 nitrogen and oxygen atoms in total. The summed E-state index contributed by atoms with van der Waals surface area (Å²) in [4.78, 5) is 0. The Bertz CT molecular complexity index is 85.9. The van der Waals surface area contributed by atoms with E-state index < -0.39 is 0 Å². The van der Waals surface area contributed by atoms with Gasteiger partial charge in [-0.05, 0) is 19.2 Å². The lowest BCUT2D eigenvalue weighted by Crippen LogP contribution is -2.27. The Labute approximate surface area is 81.7 Å². The van der Waals surface area contributed by atoms with E-state index in [-0.39, 0.29) is 0 Å². The summed E-state index contributed by atoms with van der Waals surface area (Å²) < 4.78 is 0. The van der Waals surface area contributed by atoms with Gasteiger partial charge in [0.25, 0.3) is 0 Å². The van der Waals surface area contributed by atoms with Crippen LogP contribution in [0.3, 0.4) is 0 Å². The number of nitrogens with one attached hydrogen (secondary N) is 1. The molecule has 0 heterocycles. The smallest absolute Gasteiger partial charge is 0.0155 e. The summed E-state index contributed by atoms with van der Waals surface area (Å²) in [7, 11) is 2.08. The Morgan fingerprint density at radius 2 is 2.00 bits per heavy atom. The lowest BCUT2D eigenvalue weighted by Gasteiger charge is -2.14. The fraction of sp³-hybridized carbons (Fsp3) is 1.00. The quantitative estimate of drug-likeness (QED) is 0.589. The number of hydrogen-bond donors (Lipinski definition) is 1. The molecule has 1 N–H and O–H groups in total. The summed E-state index contributed by atoms with van der Waals surface area (Å²) in [6.45, 7) is 4.48. The molecule has 12 heavy (non-hydrogen) atoms. The van der Waals surface area contributed by atoms with E-state index in [4.69, 9.17) is 0 Å². The molecule has 0 amide bonds. The Kier molecular flexibility index (Phi) is 9.64. The average molecular weight is 189 g/mol. The molecule has 74 valence electrons. The van der Waals surface area contributed by atoms with Crippen molar-refractivity contribution in [3.8, 4) is 0 Å². The van der Waals surface area contributed by atoms with E-state index in [0.717, 1.165) is 6.04 Å². The van der Waals surface area contributed by atoms with Gasteiger partial charge in [0.2, 0.25) is 0 Å². The molecule has 0 radical (unpaired) electrons. The van der Waals surface area contributed by atoms with Crippen molar-refractivity contribution in [2.45, 2.75) is 45.6 Å². The highest BCUT2D eigenvalue weighted by atomic mass is 32.2. The second-order valence-electron chi connectivity index (χ2n) is 3.14. The highest BCUT2D eigenvalue weighted by Gasteiger charge is 2.03. The minimum absolute atomic E-state index is 0.737. The minimum Gasteiger partial charge on any atom is -0.316 e. The van der Waals surface area contributed by atoms with Crippen LogP contribution < -0.4 is 5.32 Å². The molecular formula is C10H23NS. The summed E-state index contributed by atoms with van der Waals surface area (Å²) >= 11 is 2.04. The van der Waals surface area contributed by atoms with Crippen LogP contribution in [0.2, 0.25) is 0 Å². The molecule has 0 aliphatic carbocycles. The molecular weight excluding hydrogens is 166 g/mol. The van der Waals surface area contributed by atoms with Crippen LogP contribution in [0.5, 0.6) is 0 Å². The minimum atomic E-state index is 0.737. The number of rotatable bonds is 8. The van der Waals surface area contributed by atoms with E-state index in [1.807, 2.05) is 11.8 Å². The van der Waals surface area contributed by atoms with E-state index in [2.05, 4.69) is 26.2 Å². The number of thioether (sulfide) groups is 1. The first-order chi connectivity index (χ1) is 5.85. The zero-order valence-electron chi connectivity index (χ0n) is 8.73. The maximum Gasteiger partial charge on any atom is 0.0155 e. The van der Waals surface area contributed by atoms with E-state index in [1.54, 1.807) is 0 Å². The van der Waals surface area contributed by atoms with Gasteiger partial charge in [-0.1, -0.05) is 33.1 Å². The molecule has 0 spiro atoms. The van der Waals surface area contributed by atoms with Crippen molar-refractivity contribution in [1.29, 1.82) is 0 Å². The number of unbranched alkanes of at least 4 members (excludes halogenated alkanes) is 2. The van der Waals surface area contributed by atoms with Crippen molar-refractivity contribution < 1.29 is 0 Å². The normalized spacial score (nSPS) is 13.2. The van der Waals surface area contributed by atoms with Gasteiger partial charge in [-0.25, -0.2) is 0 Å². The fourth-order valence-electron chi connectivity index (χ4n) is 1.21. The van der Waals surface area contributed by atoms with Gasteiger partial charge >= 0.3 is 0 Å². The molecule has 0 bridgehead atoms. The molecule has 0 aromatic rings. The zero-order chi connectivity index (χ0) is 9.23. The van der Waals surface area contributed by atoms with Crippen molar-refractivity contribution in [3.63, 3.8) is 0 Å². The molecule has 0 aromatic carbocycles. The highest BCUT2D eigenvalue weighted by molar-refractivity contribution is 7.99. The van der Waals surface area contributed by atoms with E-state index in [9.17, 15) is 0 Å². The van der Waals surface area contributed by atoms with Crippen molar-refractivity contribution in [2.75, 3.05) is 18.6 Å². The molecule has 1 unspecified atom stereocenters. The maximum absolute atomic E-state index is 3.37. The standard InChI is InChI=1S/C10H23NS/c1-4-6-7-8-10(11-3)9-12-5-2/h10-11H,4-9H2,1-3H3. The molecule has 0 fully saturated rings. The molecule has 0 saturated carbocycles. The third kappa shape index (κ3) is 6.99.